The fourth-order valence-corrected chi connectivity index (χ4v) is 12.1. The molecule has 0 atom stereocenters. The summed E-state index contributed by atoms with van der Waals surface area (Å²) in [6.45, 7) is 0. The van der Waals surface area contributed by atoms with Gasteiger partial charge < -0.3 is 9.47 Å². The van der Waals surface area contributed by atoms with E-state index < -0.39 is 0 Å². The molecule has 0 amide bonds. The lowest BCUT2D eigenvalue weighted by Crippen LogP contribution is -2.28. The smallest absolute Gasteiger partial charge is 0.0619 e. The van der Waals surface area contributed by atoms with Crippen molar-refractivity contribution in [2.45, 2.75) is 37.5 Å². The maximum absolute atomic E-state index is 2.53. The zero-order valence-electron chi connectivity index (χ0n) is 38.0. The molecule has 324 valence electrons. The molecule has 11 aromatic rings. The molecule has 10 aromatic carbocycles. The number of aromatic nitrogens is 1. The molecule has 0 bridgehead atoms. The Morgan fingerprint density at radius 2 is 0.882 bits per heavy atom. The summed E-state index contributed by atoms with van der Waals surface area (Å²) in [6.07, 6.45) is 6.26. The molecule has 0 unspecified atom stereocenters. The molecule has 1 spiro atoms. The lowest BCUT2D eigenvalue weighted by molar-refractivity contribution is 0.353. The van der Waals surface area contributed by atoms with Gasteiger partial charge in [-0.05, 0) is 117 Å². The van der Waals surface area contributed by atoms with Gasteiger partial charge in [0.25, 0.3) is 0 Å². The highest BCUT2D eigenvalue weighted by Gasteiger charge is 2.43. The van der Waals surface area contributed by atoms with Crippen molar-refractivity contribution >= 4 is 38.9 Å². The molecule has 1 heterocycles. The fraction of sp³-hybridized carbons (Fsp3) is 0.0909. The molecule has 0 radical (unpaired) electrons. The first-order valence-electron chi connectivity index (χ1n) is 24.3. The zero-order chi connectivity index (χ0) is 45.0. The van der Waals surface area contributed by atoms with Gasteiger partial charge in [0.15, 0.2) is 0 Å². The fourth-order valence-electron chi connectivity index (χ4n) is 12.1. The molecule has 2 aliphatic rings. The molecule has 0 saturated heterocycles. The minimum Gasteiger partial charge on any atom is -0.310 e. The van der Waals surface area contributed by atoms with Gasteiger partial charge in [0.2, 0.25) is 0 Å². The van der Waals surface area contributed by atoms with E-state index in [1.165, 1.54) is 121 Å². The van der Waals surface area contributed by atoms with E-state index in [1.54, 1.807) is 0 Å². The monoisotopic (exact) mass is 870 g/mol. The van der Waals surface area contributed by atoms with Crippen LogP contribution in [0.4, 0.5) is 17.1 Å². The zero-order valence-corrected chi connectivity index (χ0v) is 38.0. The number of benzene rings is 10. The maximum Gasteiger partial charge on any atom is 0.0619 e. The van der Waals surface area contributed by atoms with Crippen LogP contribution in [0, 0.1) is 0 Å². The van der Waals surface area contributed by atoms with Gasteiger partial charge >= 0.3 is 0 Å². The number of hydrogen-bond acceptors (Lipinski definition) is 1. The van der Waals surface area contributed by atoms with Gasteiger partial charge in [-0.2, -0.15) is 0 Å². The molecule has 1 fully saturated rings. The maximum atomic E-state index is 2.53. The van der Waals surface area contributed by atoms with Crippen molar-refractivity contribution in [2.24, 2.45) is 0 Å². The first-order chi connectivity index (χ1) is 33.7. The van der Waals surface area contributed by atoms with Crippen LogP contribution in [-0.2, 0) is 5.41 Å². The summed E-state index contributed by atoms with van der Waals surface area (Å²) in [5.41, 5.74) is 22.4. The molecule has 2 heteroatoms. The van der Waals surface area contributed by atoms with Gasteiger partial charge in [-0.3, -0.25) is 0 Å². The number of anilines is 3. The molecule has 68 heavy (non-hydrogen) atoms. The molecule has 2 nitrogen and oxygen atoms in total. The largest absolute Gasteiger partial charge is 0.310 e. The lowest BCUT2D eigenvalue weighted by Gasteiger charge is -2.36. The van der Waals surface area contributed by atoms with Gasteiger partial charge in [-0.15, -0.1) is 0 Å². The summed E-state index contributed by atoms with van der Waals surface area (Å²) in [6, 6.07) is 90.0. The highest BCUT2D eigenvalue weighted by molar-refractivity contribution is 6.14. The Balaban J connectivity index is 1.04. The second kappa shape index (κ2) is 16.6. The number of hydrogen-bond donors (Lipinski definition) is 0. The van der Waals surface area contributed by atoms with Gasteiger partial charge in [0.05, 0.1) is 16.7 Å². The van der Waals surface area contributed by atoms with Crippen molar-refractivity contribution in [1.82, 2.24) is 4.57 Å². The van der Waals surface area contributed by atoms with E-state index in [0.717, 1.165) is 22.7 Å². The standard InChI is InChI=1S/C66H50N2/c1-4-22-46(23-5-1)51-28-8-9-29-53(51)54-30-10-11-31-55(54)57-33-13-16-38-63(57)67(50-40-41-62-60(45-50)56-32-12-15-37-61(56)66(62)42-18-3-19-43-66)49-27-20-24-47(44-49)52-35-21-36-59-58-34-14-17-39-64(58)68(65(52)59)48-25-6-2-7-26-48/h1-2,4-17,20-41,44-45H,3,18-19,42-43H2. The van der Waals surface area contributed by atoms with Crippen LogP contribution in [0.25, 0.3) is 83.1 Å². The van der Waals surface area contributed by atoms with E-state index >= 15 is 0 Å². The Bertz CT molecular complexity index is 3670. The van der Waals surface area contributed by atoms with Crippen molar-refractivity contribution < 1.29 is 0 Å². The second-order valence-corrected chi connectivity index (χ2v) is 18.7. The molecular weight excluding hydrogens is 821 g/mol. The van der Waals surface area contributed by atoms with E-state index in [4.69, 9.17) is 0 Å². The van der Waals surface area contributed by atoms with Crippen LogP contribution in [-0.4, -0.2) is 4.57 Å². The first-order valence-corrected chi connectivity index (χ1v) is 24.3. The normalized spacial score (nSPS) is 13.7. The van der Waals surface area contributed by atoms with Crippen molar-refractivity contribution in [3.8, 4) is 61.3 Å². The van der Waals surface area contributed by atoms with Crippen LogP contribution in [0.3, 0.4) is 0 Å². The van der Waals surface area contributed by atoms with Crippen LogP contribution in [0.15, 0.2) is 243 Å². The number of nitrogens with zero attached hydrogens (tertiary/aromatic N) is 2. The molecule has 0 N–H and O–H groups in total. The molecular formula is C66H50N2. The van der Waals surface area contributed by atoms with Crippen molar-refractivity contribution in [2.75, 3.05) is 4.90 Å². The lowest BCUT2D eigenvalue weighted by atomic mass is 9.68. The Hall–Kier alpha value is -8.20. The summed E-state index contributed by atoms with van der Waals surface area (Å²) in [4.78, 5) is 2.53. The summed E-state index contributed by atoms with van der Waals surface area (Å²) in [7, 11) is 0. The highest BCUT2D eigenvalue weighted by atomic mass is 15.1. The topological polar surface area (TPSA) is 8.17 Å². The Labute approximate surface area is 399 Å². The summed E-state index contributed by atoms with van der Waals surface area (Å²) < 4.78 is 2.45. The summed E-state index contributed by atoms with van der Waals surface area (Å²) >= 11 is 0. The van der Waals surface area contributed by atoms with Crippen LogP contribution in [0.1, 0.15) is 43.2 Å². The van der Waals surface area contributed by atoms with Crippen molar-refractivity contribution in [1.29, 1.82) is 0 Å². The van der Waals surface area contributed by atoms with Gasteiger partial charge in [-0.1, -0.05) is 213 Å². The molecule has 1 aromatic heterocycles. The van der Waals surface area contributed by atoms with E-state index in [-0.39, 0.29) is 5.41 Å². The highest BCUT2D eigenvalue weighted by Crippen LogP contribution is 2.57. The number of rotatable bonds is 8. The van der Waals surface area contributed by atoms with Crippen molar-refractivity contribution in [3.63, 3.8) is 0 Å². The van der Waals surface area contributed by atoms with E-state index in [1.807, 2.05) is 0 Å². The predicted molar refractivity (Wildman–Crippen MR) is 287 cm³/mol. The molecule has 1 saturated carbocycles. The SMILES string of the molecule is c1ccc(-c2ccccc2-c2ccccc2-c2ccccc2N(c2cccc(-c3cccc4c5ccccc5n(-c5ccccc5)c34)c2)c2ccc3c(c2)-c2ccccc2C32CCCCC2)cc1. The van der Waals surface area contributed by atoms with Crippen LogP contribution < -0.4 is 4.90 Å². The minimum atomic E-state index is 0.0757. The van der Waals surface area contributed by atoms with Gasteiger partial charge in [0, 0.05) is 44.4 Å². The summed E-state index contributed by atoms with van der Waals surface area (Å²) in [5, 5.41) is 2.50. The third kappa shape index (κ3) is 6.47. The molecule has 2 aliphatic carbocycles. The first kappa shape index (κ1) is 40.1. The van der Waals surface area contributed by atoms with Crippen LogP contribution in [0.5, 0.6) is 0 Å². The Kier molecular flexibility index (Phi) is 9.79. The van der Waals surface area contributed by atoms with Gasteiger partial charge in [-0.25, -0.2) is 0 Å². The minimum absolute atomic E-state index is 0.0757. The second-order valence-electron chi connectivity index (χ2n) is 18.7. The van der Waals surface area contributed by atoms with Crippen LogP contribution >= 0.6 is 0 Å². The van der Waals surface area contributed by atoms with E-state index in [0.29, 0.717) is 0 Å². The Morgan fingerprint density at radius 1 is 0.338 bits per heavy atom. The predicted octanol–water partition coefficient (Wildman–Crippen LogP) is 18.2. The van der Waals surface area contributed by atoms with E-state index in [9.17, 15) is 0 Å². The summed E-state index contributed by atoms with van der Waals surface area (Å²) in [5.74, 6) is 0. The average molecular weight is 871 g/mol. The van der Waals surface area contributed by atoms with E-state index in [2.05, 4.69) is 252 Å². The number of fused-ring (bicyclic) bond motifs is 8. The quantitative estimate of drug-likeness (QED) is 0.148. The molecule has 0 aliphatic heterocycles. The van der Waals surface area contributed by atoms with Gasteiger partial charge in [0.1, 0.15) is 0 Å². The third-order valence-electron chi connectivity index (χ3n) is 15.0. The number of para-hydroxylation sites is 4. The average Bonchev–Trinajstić information content (AvgIpc) is 3.89. The Morgan fingerprint density at radius 3 is 1.68 bits per heavy atom. The third-order valence-corrected chi connectivity index (χ3v) is 15.0. The van der Waals surface area contributed by atoms with Crippen LogP contribution in [0.2, 0.25) is 0 Å². The van der Waals surface area contributed by atoms with Crippen molar-refractivity contribution in [3.05, 3.63) is 254 Å². The molecule has 13 rings (SSSR count).